The lowest BCUT2D eigenvalue weighted by Crippen LogP contribution is -2.49. The first-order valence-corrected chi connectivity index (χ1v) is 4.54. The molecule has 0 bridgehead atoms. The first kappa shape index (κ1) is 12.9. The van der Waals surface area contributed by atoms with Crippen molar-refractivity contribution in [3.8, 4) is 0 Å². The van der Waals surface area contributed by atoms with Crippen molar-refractivity contribution in [2.75, 3.05) is 0 Å². The Morgan fingerprint density at radius 2 is 2.00 bits per heavy atom. The van der Waals surface area contributed by atoms with E-state index in [2.05, 4.69) is 5.32 Å². The van der Waals surface area contributed by atoms with Gasteiger partial charge in [0.2, 0.25) is 5.91 Å². The molecule has 0 aromatic rings. The summed E-state index contributed by atoms with van der Waals surface area (Å²) in [5.74, 6) is -1.13. The van der Waals surface area contributed by atoms with Crippen LogP contribution in [0.4, 0.5) is 0 Å². The predicted octanol–water partition coefficient (Wildman–Crippen LogP) is 0.0932. The Morgan fingerprint density at radius 3 is 2.36 bits per heavy atom. The minimum Gasteiger partial charge on any atom is -0.481 e. The van der Waals surface area contributed by atoms with Gasteiger partial charge >= 0.3 is 5.97 Å². The van der Waals surface area contributed by atoms with Crippen LogP contribution >= 0.6 is 0 Å². The number of hydrogen-bond acceptors (Lipinski definition) is 3. The number of nitrogens with one attached hydrogen (secondary N) is 1. The van der Waals surface area contributed by atoms with Gasteiger partial charge in [0.05, 0.1) is 6.04 Å². The molecule has 0 aromatic carbocycles. The van der Waals surface area contributed by atoms with Crippen molar-refractivity contribution in [2.45, 2.75) is 45.2 Å². The number of carbonyl (C=O) groups is 2. The minimum atomic E-state index is -0.867. The van der Waals surface area contributed by atoms with Gasteiger partial charge in [-0.25, -0.2) is 0 Å². The van der Waals surface area contributed by atoms with Crippen molar-refractivity contribution in [3.63, 3.8) is 0 Å². The smallest absolute Gasteiger partial charge is 0.303 e. The van der Waals surface area contributed by atoms with Crippen molar-refractivity contribution in [1.82, 2.24) is 5.32 Å². The number of nitrogens with two attached hydrogens (primary N) is 1. The van der Waals surface area contributed by atoms with E-state index in [4.69, 9.17) is 10.8 Å². The fourth-order valence-corrected chi connectivity index (χ4v) is 0.929. The van der Waals surface area contributed by atoms with Crippen molar-refractivity contribution in [3.05, 3.63) is 0 Å². The van der Waals surface area contributed by atoms with Crippen molar-refractivity contribution in [2.24, 2.45) is 5.73 Å². The highest BCUT2D eigenvalue weighted by Gasteiger charge is 2.22. The van der Waals surface area contributed by atoms with Crippen LogP contribution in [0.3, 0.4) is 0 Å². The van der Waals surface area contributed by atoms with Gasteiger partial charge in [-0.3, -0.25) is 9.59 Å². The molecule has 0 rings (SSSR count). The summed E-state index contributed by atoms with van der Waals surface area (Å²) in [4.78, 5) is 21.5. The molecule has 5 heteroatoms. The molecule has 0 saturated heterocycles. The molecule has 82 valence electrons. The first-order chi connectivity index (χ1) is 6.24. The van der Waals surface area contributed by atoms with Gasteiger partial charge in [0.1, 0.15) is 0 Å². The summed E-state index contributed by atoms with van der Waals surface area (Å²) in [6.07, 6.45) is 0.424. The molecule has 0 heterocycles. The zero-order chi connectivity index (χ0) is 11.4. The lowest BCUT2D eigenvalue weighted by molar-refractivity contribution is -0.137. The Morgan fingerprint density at radius 1 is 1.50 bits per heavy atom. The molecule has 1 amide bonds. The zero-order valence-electron chi connectivity index (χ0n) is 8.83. The number of carboxylic acids is 1. The van der Waals surface area contributed by atoms with E-state index in [9.17, 15) is 9.59 Å². The third-order valence-electron chi connectivity index (χ3n) is 1.84. The van der Waals surface area contributed by atoms with Gasteiger partial charge in [-0.1, -0.05) is 0 Å². The monoisotopic (exact) mass is 202 g/mol. The molecular formula is C9H18N2O3. The average Bonchev–Trinajstić information content (AvgIpc) is 2.00. The second kappa shape index (κ2) is 4.95. The topological polar surface area (TPSA) is 92.4 Å². The molecule has 0 aliphatic rings. The molecule has 1 unspecified atom stereocenters. The largest absolute Gasteiger partial charge is 0.481 e. The Bertz CT molecular complexity index is 224. The fourth-order valence-electron chi connectivity index (χ4n) is 0.929. The fraction of sp³-hybridized carbons (Fsp3) is 0.778. The molecular weight excluding hydrogens is 184 g/mol. The van der Waals surface area contributed by atoms with E-state index in [0.29, 0.717) is 6.42 Å². The lowest BCUT2D eigenvalue weighted by Gasteiger charge is -2.26. The van der Waals surface area contributed by atoms with Crippen LogP contribution in [-0.2, 0) is 9.59 Å². The van der Waals surface area contributed by atoms with E-state index < -0.39 is 17.6 Å². The van der Waals surface area contributed by atoms with E-state index in [1.807, 2.05) is 0 Å². The van der Waals surface area contributed by atoms with Gasteiger partial charge in [-0.15, -0.1) is 0 Å². The number of aliphatic carboxylic acids is 1. The molecule has 1 atom stereocenters. The highest BCUT2D eigenvalue weighted by Crippen LogP contribution is 2.11. The summed E-state index contributed by atoms with van der Waals surface area (Å²) in [7, 11) is 0. The molecule has 0 radical (unpaired) electrons. The quantitative estimate of drug-likeness (QED) is 0.589. The number of carbonyl (C=O) groups excluding carboxylic acids is 1. The summed E-state index contributed by atoms with van der Waals surface area (Å²) < 4.78 is 0. The number of amides is 1. The summed E-state index contributed by atoms with van der Waals surface area (Å²) in [6.45, 7) is 5.13. The molecule has 0 spiro atoms. The van der Waals surface area contributed by atoms with Gasteiger partial charge in [0.25, 0.3) is 0 Å². The molecule has 0 fully saturated rings. The molecule has 0 aliphatic carbocycles. The van der Waals surface area contributed by atoms with Crippen molar-refractivity contribution >= 4 is 11.9 Å². The Hall–Kier alpha value is -1.10. The summed E-state index contributed by atoms with van der Waals surface area (Å²) >= 11 is 0. The Labute approximate surface area is 83.7 Å². The number of hydrogen-bond donors (Lipinski definition) is 3. The van der Waals surface area contributed by atoms with Crippen LogP contribution < -0.4 is 11.1 Å². The zero-order valence-corrected chi connectivity index (χ0v) is 8.83. The van der Waals surface area contributed by atoms with Crippen molar-refractivity contribution < 1.29 is 14.7 Å². The van der Waals surface area contributed by atoms with Crippen molar-refractivity contribution in [1.29, 1.82) is 0 Å². The van der Waals surface area contributed by atoms with E-state index in [1.165, 1.54) is 0 Å². The van der Waals surface area contributed by atoms with Gasteiger partial charge in [-0.2, -0.15) is 0 Å². The van der Waals surface area contributed by atoms with Crippen LogP contribution in [0, 0.1) is 0 Å². The standard InChI is InChI=1S/C9H18N2O3/c1-6(10)8(14)11-9(2,3)5-4-7(12)13/h6H,4-5,10H2,1-3H3,(H,11,14)(H,12,13). The van der Waals surface area contributed by atoms with Crippen LogP contribution in [0.2, 0.25) is 0 Å². The van der Waals surface area contributed by atoms with Gasteiger partial charge in [0.15, 0.2) is 0 Å². The maximum absolute atomic E-state index is 11.2. The Balaban J connectivity index is 4.06. The molecule has 0 saturated carbocycles. The maximum atomic E-state index is 11.2. The summed E-state index contributed by atoms with van der Waals surface area (Å²) in [6, 6.07) is -0.570. The second-order valence-electron chi connectivity index (χ2n) is 4.06. The summed E-state index contributed by atoms with van der Waals surface area (Å²) in [5, 5.41) is 11.2. The second-order valence-corrected chi connectivity index (χ2v) is 4.06. The van der Waals surface area contributed by atoms with Gasteiger partial charge in [-0.05, 0) is 27.2 Å². The van der Waals surface area contributed by atoms with E-state index in [0.717, 1.165) is 0 Å². The normalized spacial score (nSPS) is 13.4. The van der Waals surface area contributed by atoms with Crippen LogP contribution in [0.5, 0.6) is 0 Å². The molecule has 0 aliphatic heterocycles. The van der Waals surface area contributed by atoms with E-state index in [-0.39, 0.29) is 12.3 Å². The number of carboxylic acid groups (broad SMARTS) is 1. The van der Waals surface area contributed by atoms with Gasteiger partial charge in [0, 0.05) is 12.0 Å². The number of rotatable bonds is 5. The van der Waals surface area contributed by atoms with Crippen LogP contribution in [0.1, 0.15) is 33.6 Å². The van der Waals surface area contributed by atoms with Crippen LogP contribution in [0.15, 0.2) is 0 Å². The average molecular weight is 202 g/mol. The maximum Gasteiger partial charge on any atom is 0.303 e. The molecule has 5 nitrogen and oxygen atoms in total. The minimum absolute atomic E-state index is 0.0340. The SMILES string of the molecule is CC(N)C(=O)NC(C)(C)CCC(=O)O. The Kier molecular flexibility index (Phi) is 4.56. The van der Waals surface area contributed by atoms with Crippen LogP contribution in [0.25, 0.3) is 0 Å². The lowest BCUT2D eigenvalue weighted by atomic mass is 9.98. The first-order valence-electron chi connectivity index (χ1n) is 4.54. The van der Waals surface area contributed by atoms with Crippen LogP contribution in [-0.4, -0.2) is 28.6 Å². The molecule has 0 aromatic heterocycles. The summed E-state index contributed by atoms with van der Waals surface area (Å²) in [5.41, 5.74) is 4.85. The predicted molar refractivity (Wildman–Crippen MR) is 52.7 cm³/mol. The van der Waals surface area contributed by atoms with Gasteiger partial charge < -0.3 is 16.2 Å². The van der Waals surface area contributed by atoms with E-state index >= 15 is 0 Å². The third kappa shape index (κ3) is 5.53. The highest BCUT2D eigenvalue weighted by atomic mass is 16.4. The highest BCUT2D eigenvalue weighted by molar-refractivity contribution is 5.81. The third-order valence-corrected chi connectivity index (χ3v) is 1.84. The molecule has 4 N–H and O–H groups in total. The molecule has 14 heavy (non-hydrogen) atoms. The van der Waals surface area contributed by atoms with E-state index in [1.54, 1.807) is 20.8 Å².